The number of ether oxygens (including phenoxy) is 1. The third kappa shape index (κ3) is 4.77. The maximum Gasteiger partial charge on any atom is 0.208 e. The first kappa shape index (κ1) is 22.6. The van der Waals surface area contributed by atoms with E-state index in [2.05, 4.69) is 43.6 Å². The summed E-state index contributed by atoms with van der Waals surface area (Å²) >= 11 is 0. The summed E-state index contributed by atoms with van der Waals surface area (Å²) in [5.74, 6) is 1.26. The predicted molar refractivity (Wildman–Crippen MR) is 130 cm³/mol. The zero-order valence-corrected chi connectivity index (χ0v) is 20.4. The molecule has 2 aromatic carbocycles. The standard InChI is InChI=1S/C27H36FN3O/c1-17(2)32-21-10-8-19(9-11-21)29-25-30-24-22(28)12-18(3)13-23(24)31(25)20-14-26(4,5)16-27(6,7)15-20/h8-13,17,20H,14-16H2,1-7H3,(H,29,30). The number of nitrogens with zero attached hydrogens (tertiary/aromatic N) is 2. The van der Waals surface area contributed by atoms with Crippen molar-refractivity contribution in [2.75, 3.05) is 5.32 Å². The highest BCUT2D eigenvalue weighted by Crippen LogP contribution is 2.51. The Morgan fingerprint density at radius 2 is 1.69 bits per heavy atom. The number of hydrogen-bond donors (Lipinski definition) is 1. The normalized spacial score (nSPS) is 18.3. The third-order valence-electron chi connectivity index (χ3n) is 6.27. The molecule has 32 heavy (non-hydrogen) atoms. The van der Waals surface area contributed by atoms with Crippen molar-refractivity contribution in [1.29, 1.82) is 0 Å². The number of hydrogen-bond acceptors (Lipinski definition) is 3. The van der Waals surface area contributed by atoms with Crippen molar-refractivity contribution in [3.05, 3.63) is 47.8 Å². The molecule has 1 aliphatic carbocycles. The Balaban J connectivity index is 1.78. The minimum Gasteiger partial charge on any atom is -0.491 e. The van der Waals surface area contributed by atoms with Crippen LogP contribution in [0.3, 0.4) is 0 Å². The van der Waals surface area contributed by atoms with Crippen LogP contribution in [0.4, 0.5) is 16.0 Å². The molecule has 3 aromatic rings. The summed E-state index contributed by atoms with van der Waals surface area (Å²) in [7, 11) is 0. The van der Waals surface area contributed by atoms with E-state index in [1.807, 2.05) is 45.0 Å². The fraction of sp³-hybridized carbons (Fsp3) is 0.519. The maximum atomic E-state index is 14.9. The van der Waals surface area contributed by atoms with Gasteiger partial charge in [-0.1, -0.05) is 27.7 Å². The lowest BCUT2D eigenvalue weighted by Crippen LogP contribution is -2.35. The zero-order valence-electron chi connectivity index (χ0n) is 20.4. The fourth-order valence-corrected chi connectivity index (χ4v) is 5.73. The highest BCUT2D eigenvalue weighted by molar-refractivity contribution is 5.81. The Bertz CT molecular complexity index is 1100. The maximum absolute atomic E-state index is 14.9. The molecule has 5 heteroatoms. The minimum atomic E-state index is -0.267. The van der Waals surface area contributed by atoms with Crippen LogP contribution in [0.15, 0.2) is 36.4 Å². The smallest absolute Gasteiger partial charge is 0.208 e. The number of rotatable bonds is 5. The van der Waals surface area contributed by atoms with Crippen LogP contribution in [0.5, 0.6) is 5.75 Å². The summed E-state index contributed by atoms with van der Waals surface area (Å²) in [6.45, 7) is 15.3. The second kappa shape index (κ2) is 8.09. The average Bonchev–Trinajstić information content (AvgIpc) is 2.98. The molecule has 1 aliphatic rings. The van der Waals surface area contributed by atoms with E-state index < -0.39 is 0 Å². The van der Waals surface area contributed by atoms with Crippen molar-refractivity contribution >= 4 is 22.7 Å². The fourth-order valence-electron chi connectivity index (χ4n) is 5.73. The molecule has 0 aliphatic heterocycles. The molecule has 0 unspecified atom stereocenters. The number of aryl methyl sites for hydroxylation is 1. The van der Waals surface area contributed by atoms with Crippen LogP contribution in [0.2, 0.25) is 0 Å². The predicted octanol–water partition coefficient (Wildman–Crippen LogP) is 7.79. The molecule has 172 valence electrons. The summed E-state index contributed by atoms with van der Waals surface area (Å²) < 4.78 is 22.9. The number of benzene rings is 2. The molecule has 1 fully saturated rings. The van der Waals surface area contributed by atoms with E-state index in [9.17, 15) is 4.39 Å². The second-order valence-corrected chi connectivity index (χ2v) is 11.3. The molecule has 0 atom stereocenters. The van der Waals surface area contributed by atoms with Gasteiger partial charge in [0.15, 0.2) is 5.82 Å². The van der Waals surface area contributed by atoms with Gasteiger partial charge in [-0.3, -0.25) is 0 Å². The summed E-state index contributed by atoms with van der Waals surface area (Å²) in [6, 6.07) is 11.7. The van der Waals surface area contributed by atoms with Gasteiger partial charge in [-0.2, -0.15) is 0 Å². The van der Waals surface area contributed by atoms with Crippen molar-refractivity contribution in [3.63, 3.8) is 0 Å². The Morgan fingerprint density at radius 3 is 2.28 bits per heavy atom. The van der Waals surface area contributed by atoms with E-state index in [1.165, 1.54) is 6.42 Å². The van der Waals surface area contributed by atoms with Gasteiger partial charge in [0, 0.05) is 11.7 Å². The van der Waals surface area contributed by atoms with E-state index in [-0.39, 0.29) is 28.8 Å². The third-order valence-corrected chi connectivity index (χ3v) is 6.27. The topological polar surface area (TPSA) is 39.1 Å². The number of anilines is 2. The molecule has 1 N–H and O–H groups in total. The molecule has 0 amide bonds. The van der Waals surface area contributed by atoms with E-state index >= 15 is 0 Å². The minimum absolute atomic E-state index is 0.127. The quantitative estimate of drug-likeness (QED) is 0.443. The van der Waals surface area contributed by atoms with Gasteiger partial charge >= 0.3 is 0 Å². The van der Waals surface area contributed by atoms with Gasteiger partial charge in [-0.25, -0.2) is 9.37 Å². The number of nitrogens with one attached hydrogen (secondary N) is 1. The van der Waals surface area contributed by atoms with E-state index in [1.54, 1.807) is 6.07 Å². The van der Waals surface area contributed by atoms with Gasteiger partial charge in [-0.05, 0) is 92.8 Å². The van der Waals surface area contributed by atoms with Crippen LogP contribution in [0.25, 0.3) is 11.0 Å². The molecule has 1 saturated carbocycles. The van der Waals surface area contributed by atoms with Crippen LogP contribution in [0.1, 0.15) is 72.4 Å². The molecule has 4 rings (SSSR count). The van der Waals surface area contributed by atoms with Crippen molar-refractivity contribution in [1.82, 2.24) is 9.55 Å². The lowest BCUT2D eigenvalue weighted by molar-refractivity contribution is 0.0746. The van der Waals surface area contributed by atoms with Crippen molar-refractivity contribution in [2.24, 2.45) is 10.8 Å². The SMILES string of the molecule is Cc1cc(F)c2nc(Nc3ccc(OC(C)C)cc3)n(C3CC(C)(C)CC(C)(C)C3)c2c1. The van der Waals surface area contributed by atoms with Crippen molar-refractivity contribution in [3.8, 4) is 5.75 Å². The lowest BCUT2D eigenvalue weighted by Gasteiger charge is -2.45. The van der Waals surface area contributed by atoms with Gasteiger partial charge in [0.1, 0.15) is 11.3 Å². The Hall–Kier alpha value is -2.56. The molecule has 0 bridgehead atoms. The summed E-state index contributed by atoms with van der Waals surface area (Å²) in [5, 5.41) is 3.47. The molecular formula is C27H36FN3O. The Kier molecular flexibility index (Phi) is 5.72. The summed E-state index contributed by atoms with van der Waals surface area (Å²) in [5.41, 5.74) is 3.52. The average molecular weight is 438 g/mol. The highest BCUT2D eigenvalue weighted by atomic mass is 19.1. The Morgan fingerprint density at radius 1 is 1.06 bits per heavy atom. The van der Waals surface area contributed by atoms with E-state index in [4.69, 9.17) is 9.72 Å². The van der Waals surface area contributed by atoms with Crippen LogP contribution in [0, 0.1) is 23.6 Å². The van der Waals surface area contributed by atoms with Gasteiger partial charge in [0.2, 0.25) is 5.95 Å². The van der Waals surface area contributed by atoms with Crippen molar-refractivity contribution in [2.45, 2.75) is 79.9 Å². The second-order valence-electron chi connectivity index (χ2n) is 11.3. The molecule has 0 radical (unpaired) electrons. The van der Waals surface area contributed by atoms with E-state index in [0.29, 0.717) is 11.5 Å². The molecule has 0 spiro atoms. The van der Waals surface area contributed by atoms with Crippen LogP contribution in [-0.2, 0) is 0 Å². The van der Waals surface area contributed by atoms with Crippen LogP contribution >= 0.6 is 0 Å². The van der Waals surface area contributed by atoms with Crippen molar-refractivity contribution < 1.29 is 9.13 Å². The van der Waals surface area contributed by atoms with Crippen LogP contribution in [-0.4, -0.2) is 15.7 Å². The first-order chi connectivity index (χ1) is 14.9. The number of halogens is 1. The molecule has 4 nitrogen and oxygen atoms in total. The van der Waals surface area contributed by atoms with Gasteiger partial charge in [0.05, 0.1) is 11.6 Å². The molecule has 1 aromatic heterocycles. The van der Waals surface area contributed by atoms with Crippen LogP contribution < -0.4 is 10.1 Å². The molecule has 0 saturated heterocycles. The monoisotopic (exact) mass is 437 g/mol. The number of fused-ring (bicyclic) bond motifs is 1. The number of aromatic nitrogens is 2. The lowest BCUT2D eigenvalue weighted by atomic mass is 9.63. The summed E-state index contributed by atoms with van der Waals surface area (Å²) in [4.78, 5) is 4.74. The van der Waals surface area contributed by atoms with E-state index in [0.717, 1.165) is 35.4 Å². The zero-order chi connectivity index (χ0) is 23.3. The number of imidazole rings is 1. The van der Waals surface area contributed by atoms with Gasteiger partial charge < -0.3 is 14.6 Å². The molecule has 1 heterocycles. The highest BCUT2D eigenvalue weighted by Gasteiger charge is 2.40. The van der Waals surface area contributed by atoms with Gasteiger partial charge in [-0.15, -0.1) is 0 Å². The summed E-state index contributed by atoms with van der Waals surface area (Å²) in [6.07, 6.45) is 3.37. The first-order valence-corrected chi connectivity index (χ1v) is 11.6. The first-order valence-electron chi connectivity index (χ1n) is 11.6. The van der Waals surface area contributed by atoms with Gasteiger partial charge in [0.25, 0.3) is 0 Å². The largest absolute Gasteiger partial charge is 0.491 e. The molecular weight excluding hydrogens is 401 g/mol. The Labute approximate surface area is 191 Å².